The summed E-state index contributed by atoms with van der Waals surface area (Å²) in [6, 6.07) is 17.6. The SMILES string of the molecule is Cc1cc(NCC(=O)Nc2cc(Cl)ccc2Oc2ccccc2)c(C)c(S(C)(=O)=O)c1. The minimum Gasteiger partial charge on any atom is -0.455 e. The predicted octanol–water partition coefficient (Wildman–Crippen LogP) is 5.20. The van der Waals surface area contributed by atoms with Crippen molar-refractivity contribution in [1.29, 1.82) is 0 Å². The zero-order valence-electron chi connectivity index (χ0n) is 17.4. The van der Waals surface area contributed by atoms with Crippen LogP contribution in [0.15, 0.2) is 65.6 Å². The Balaban J connectivity index is 1.75. The van der Waals surface area contributed by atoms with Gasteiger partial charge in [-0.2, -0.15) is 0 Å². The molecule has 31 heavy (non-hydrogen) atoms. The van der Waals surface area contributed by atoms with E-state index in [2.05, 4.69) is 10.6 Å². The average molecular weight is 459 g/mol. The number of anilines is 2. The Bertz CT molecular complexity index is 1210. The fourth-order valence-electron chi connectivity index (χ4n) is 3.07. The highest BCUT2D eigenvalue weighted by molar-refractivity contribution is 7.90. The van der Waals surface area contributed by atoms with E-state index in [1.807, 2.05) is 30.3 Å². The number of nitrogens with one attached hydrogen (secondary N) is 2. The third-order valence-corrected chi connectivity index (χ3v) is 5.99. The van der Waals surface area contributed by atoms with Crippen molar-refractivity contribution in [2.75, 3.05) is 23.4 Å². The monoisotopic (exact) mass is 458 g/mol. The first-order valence-electron chi connectivity index (χ1n) is 9.51. The number of ether oxygens (including phenoxy) is 1. The molecule has 0 bridgehead atoms. The Kier molecular flexibility index (Phi) is 6.87. The van der Waals surface area contributed by atoms with Gasteiger partial charge in [-0.15, -0.1) is 0 Å². The normalized spacial score (nSPS) is 11.1. The molecule has 0 aliphatic heterocycles. The molecule has 0 aromatic heterocycles. The number of benzene rings is 3. The molecular weight excluding hydrogens is 436 g/mol. The Labute approximate surface area is 187 Å². The Hall–Kier alpha value is -3.03. The van der Waals surface area contributed by atoms with Crippen molar-refractivity contribution in [2.45, 2.75) is 18.7 Å². The van der Waals surface area contributed by atoms with Crippen molar-refractivity contribution in [2.24, 2.45) is 0 Å². The number of rotatable bonds is 7. The summed E-state index contributed by atoms with van der Waals surface area (Å²) in [6.07, 6.45) is 1.17. The van der Waals surface area contributed by atoms with E-state index >= 15 is 0 Å². The molecule has 0 heterocycles. The lowest BCUT2D eigenvalue weighted by Gasteiger charge is -2.15. The van der Waals surface area contributed by atoms with Crippen LogP contribution in [0.1, 0.15) is 11.1 Å². The number of hydrogen-bond acceptors (Lipinski definition) is 5. The number of amides is 1. The summed E-state index contributed by atoms with van der Waals surface area (Å²) in [7, 11) is -3.38. The molecule has 6 nitrogen and oxygen atoms in total. The van der Waals surface area contributed by atoms with Crippen LogP contribution in [0.4, 0.5) is 11.4 Å². The molecule has 0 radical (unpaired) electrons. The molecule has 3 aromatic carbocycles. The van der Waals surface area contributed by atoms with Crippen molar-refractivity contribution in [3.8, 4) is 11.5 Å². The van der Waals surface area contributed by atoms with Crippen LogP contribution < -0.4 is 15.4 Å². The van der Waals surface area contributed by atoms with E-state index in [-0.39, 0.29) is 17.3 Å². The first-order chi connectivity index (χ1) is 14.6. The third-order valence-electron chi connectivity index (χ3n) is 4.53. The maximum absolute atomic E-state index is 12.6. The third kappa shape index (κ3) is 5.99. The zero-order valence-corrected chi connectivity index (χ0v) is 19.0. The lowest BCUT2D eigenvalue weighted by Crippen LogP contribution is -2.22. The van der Waals surface area contributed by atoms with Gasteiger partial charge < -0.3 is 15.4 Å². The molecule has 0 saturated heterocycles. The standard InChI is InChI=1S/C23H23ClN2O4S/c1-15-11-19(16(2)22(12-15)31(3,28)29)25-14-23(27)26-20-13-17(24)9-10-21(20)30-18-7-5-4-6-8-18/h4-13,25H,14H2,1-3H3,(H,26,27). The van der Waals surface area contributed by atoms with Crippen LogP contribution in [0.25, 0.3) is 0 Å². The summed E-state index contributed by atoms with van der Waals surface area (Å²) in [5.41, 5.74) is 2.36. The summed E-state index contributed by atoms with van der Waals surface area (Å²) < 4.78 is 29.9. The number of carbonyl (C=O) groups excluding carboxylic acids is 1. The molecule has 3 aromatic rings. The van der Waals surface area contributed by atoms with Gasteiger partial charge in [-0.25, -0.2) is 8.42 Å². The minimum absolute atomic E-state index is 0.0647. The molecule has 1 amide bonds. The number of hydrogen-bond donors (Lipinski definition) is 2. The Morgan fingerprint density at radius 3 is 2.39 bits per heavy atom. The van der Waals surface area contributed by atoms with Crippen molar-refractivity contribution < 1.29 is 17.9 Å². The van der Waals surface area contributed by atoms with Gasteiger partial charge in [0.05, 0.1) is 17.1 Å². The van der Waals surface area contributed by atoms with Crippen LogP contribution in [0.3, 0.4) is 0 Å². The topological polar surface area (TPSA) is 84.5 Å². The highest BCUT2D eigenvalue weighted by atomic mass is 35.5. The van der Waals surface area contributed by atoms with Gasteiger partial charge in [-0.1, -0.05) is 29.8 Å². The lowest BCUT2D eigenvalue weighted by molar-refractivity contribution is -0.114. The van der Waals surface area contributed by atoms with E-state index in [9.17, 15) is 13.2 Å². The van der Waals surface area contributed by atoms with E-state index < -0.39 is 9.84 Å². The van der Waals surface area contributed by atoms with E-state index in [0.717, 1.165) is 5.56 Å². The first kappa shape index (κ1) is 22.7. The van der Waals surface area contributed by atoms with Crippen LogP contribution >= 0.6 is 11.6 Å². The van der Waals surface area contributed by atoms with Crippen molar-refractivity contribution in [3.63, 3.8) is 0 Å². The molecule has 162 valence electrons. The molecule has 0 spiro atoms. The minimum atomic E-state index is -3.38. The molecule has 0 unspecified atom stereocenters. The molecule has 2 N–H and O–H groups in total. The summed E-state index contributed by atoms with van der Waals surface area (Å²) in [5.74, 6) is 0.749. The van der Waals surface area contributed by atoms with E-state index in [4.69, 9.17) is 16.3 Å². The van der Waals surface area contributed by atoms with Gasteiger partial charge in [0.15, 0.2) is 15.6 Å². The van der Waals surface area contributed by atoms with Crippen molar-refractivity contribution >= 4 is 38.7 Å². The van der Waals surface area contributed by atoms with E-state index in [0.29, 0.717) is 33.5 Å². The number of carbonyl (C=O) groups is 1. The average Bonchev–Trinajstić information content (AvgIpc) is 2.70. The molecule has 3 rings (SSSR count). The van der Waals surface area contributed by atoms with Crippen LogP contribution in [0.5, 0.6) is 11.5 Å². The van der Waals surface area contributed by atoms with E-state index in [1.165, 1.54) is 6.26 Å². The fraction of sp³-hybridized carbons (Fsp3) is 0.174. The summed E-state index contributed by atoms with van der Waals surface area (Å²) in [4.78, 5) is 12.8. The number of aryl methyl sites for hydroxylation is 1. The van der Waals surface area contributed by atoms with Gasteiger partial charge in [-0.05, 0) is 67.4 Å². The van der Waals surface area contributed by atoms with Gasteiger partial charge in [0.25, 0.3) is 0 Å². The van der Waals surface area contributed by atoms with Gasteiger partial charge in [-0.3, -0.25) is 4.79 Å². The summed E-state index contributed by atoms with van der Waals surface area (Å²) in [6.45, 7) is 3.45. The maximum atomic E-state index is 12.6. The highest BCUT2D eigenvalue weighted by Crippen LogP contribution is 2.32. The Morgan fingerprint density at radius 1 is 1.00 bits per heavy atom. The van der Waals surface area contributed by atoms with E-state index in [1.54, 1.807) is 44.2 Å². The molecule has 0 aliphatic carbocycles. The molecule has 8 heteroatoms. The number of halogens is 1. The second-order valence-corrected chi connectivity index (χ2v) is 9.59. The molecule has 0 fully saturated rings. The van der Waals surface area contributed by atoms with Gasteiger partial charge in [0.2, 0.25) is 5.91 Å². The largest absolute Gasteiger partial charge is 0.455 e. The summed E-state index contributed by atoms with van der Waals surface area (Å²) >= 11 is 6.10. The first-order valence-corrected chi connectivity index (χ1v) is 11.8. The molecule has 0 saturated carbocycles. The Morgan fingerprint density at radius 2 is 1.71 bits per heavy atom. The van der Waals surface area contributed by atoms with Crippen molar-refractivity contribution in [3.05, 3.63) is 76.8 Å². The number of sulfone groups is 1. The lowest BCUT2D eigenvalue weighted by atomic mass is 10.1. The van der Waals surface area contributed by atoms with Gasteiger partial charge >= 0.3 is 0 Å². The van der Waals surface area contributed by atoms with Gasteiger partial charge in [0, 0.05) is 17.0 Å². The predicted molar refractivity (Wildman–Crippen MR) is 124 cm³/mol. The molecule has 0 atom stereocenters. The summed E-state index contributed by atoms with van der Waals surface area (Å²) in [5, 5.41) is 6.27. The van der Waals surface area contributed by atoms with Crippen LogP contribution in [-0.4, -0.2) is 27.1 Å². The zero-order chi connectivity index (χ0) is 22.6. The fourth-order valence-corrected chi connectivity index (χ4v) is 4.31. The van der Waals surface area contributed by atoms with Crippen LogP contribution in [0, 0.1) is 13.8 Å². The highest BCUT2D eigenvalue weighted by Gasteiger charge is 2.16. The van der Waals surface area contributed by atoms with Crippen LogP contribution in [-0.2, 0) is 14.6 Å². The number of para-hydroxylation sites is 1. The smallest absolute Gasteiger partial charge is 0.243 e. The quantitative estimate of drug-likeness (QED) is 0.508. The van der Waals surface area contributed by atoms with Crippen LogP contribution in [0.2, 0.25) is 5.02 Å². The molecular formula is C23H23ClN2O4S. The second-order valence-electron chi connectivity index (χ2n) is 7.17. The van der Waals surface area contributed by atoms with Gasteiger partial charge in [0.1, 0.15) is 5.75 Å². The second kappa shape index (κ2) is 9.41. The van der Waals surface area contributed by atoms with Crippen molar-refractivity contribution in [1.82, 2.24) is 0 Å². The molecule has 0 aliphatic rings. The maximum Gasteiger partial charge on any atom is 0.243 e.